The van der Waals surface area contributed by atoms with Gasteiger partial charge in [0, 0.05) is 5.69 Å². The molecule has 1 aromatic heterocycles. The minimum Gasteiger partial charge on any atom is -0.477 e. The quantitative estimate of drug-likeness (QED) is 0.933. The number of carbonyl (C=O) groups is 1. The van der Waals surface area contributed by atoms with Crippen LogP contribution in [0, 0.1) is 13.8 Å². The molecule has 6 heteroatoms. The van der Waals surface area contributed by atoms with E-state index in [-0.39, 0.29) is 11.7 Å². The first-order valence-electron chi connectivity index (χ1n) is 5.48. The van der Waals surface area contributed by atoms with Gasteiger partial charge in [0.25, 0.3) is 0 Å². The lowest BCUT2D eigenvalue weighted by Gasteiger charge is -2.07. The predicted octanol–water partition coefficient (Wildman–Crippen LogP) is 3.24. The van der Waals surface area contributed by atoms with Crippen molar-refractivity contribution in [3.8, 4) is 11.8 Å². The summed E-state index contributed by atoms with van der Waals surface area (Å²) in [4.78, 5) is 18.7. The minimum absolute atomic E-state index is 0.0371. The number of carboxylic acids is 1. The Morgan fingerprint density at radius 3 is 2.68 bits per heavy atom. The van der Waals surface area contributed by atoms with Crippen molar-refractivity contribution in [2.75, 3.05) is 0 Å². The normalized spacial score (nSPS) is 10.3. The number of halogens is 1. The van der Waals surface area contributed by atoms with Gasteiger partial charge in [-0.05, 0) is 37.6 Å². The molecule has 0 saturated carbocycles. The van der Waals surface area contributed by atoms with Gasteiger partial charge in [-0.2, -0.15) is 4.98 Å². The van der Waals surface area contributed by atoms with Crippen molar-refractivity contribution in [2.24, 2.45) is 0 Å². The van der Waals surface area contributed by atoms with Gasteiger partial charge in [-0.1, -0.05) is 17.7 Å². The van der Waals surface area contributed by atoms with Crippen LogP contribution in [-0.4, -0.2) is 21.0 Å². The molecule has 2 aromatic rings. The van der Waals surface area contributed by atoms with Crippen LogP contribution in [0.5, 0.6) is 11.8 Å². The Labute approximate surface area is 114 Å². The third-order valence-electron chi connectivity index (χ3n) is 2.34. The first-order chi connectivity index (χ1) is 8.95. The molecule has 0 saturated heterocycles. The van der Waals surface area contributed by atoms with Crippen LogP contribution in [0.15, 0.2) is 24.3 Å². The highest BCUT2D eigenvalue weighted by atomic mass is 35.5. The Balaban J connectivity index is 2.38. The summed E-state index contributed by atoms with van der Waals surface area (Å²) in [6.07, 6.45) is 0. The summed E-state index contributed by atoms with van der Waals surface area (Å²) >= 11 is 5.99. The molecule has 1 heterocycles. The van der Waals surface area contributed by atoms with Gasteiger partial charge in [0.05, 0.1) is 5.02 Å². The zero-order chi connectivity index (χ0) is 14.0. The monoisotopic (exact) mass is 278 g/mol. The molecule has 19 heavy (non-hydrogen) atoms. The van der Waals surface area contributed by atoms with Crippen LogP contribution >= 0.6 is 11.6 Å². The summed E-state index contributed by atoms with van der Waals surface area (Å²) in [6.45, 7) is 3.56. The second kappa shape index (κ2) is 5.24. The lowest BCUT2D eigenvalue weighted by molar-refractivity contribution is 0.0689. The molecular weight excluding hydrogens is 268 g/mol. The number of rotatable bonds is 3. The van der Waals surface area contributed by atoms with Crippen LogP contribution < -0.4 is 4.74 Å². The molecular formula is C13H11ClN2O3. The molecule has 0 spiro atoms. The molecule has 0 amide bonds. The summed E-state index contributed by atoms with van der Waals surface area (Å²) in [6, 6.07) is 6.60. The number of carboxylic acid groups (broad SMARTS) is 1. The SMILES string of the molecule is Cc1ccc(Cl)c(Oc2nc(C)cc(C(=O)O)n2)c1. The zero-order valence-electron chi connectivity index (χ0n) is 10.3. The molecule has 0 unspecified atom stereocenters. The smallest absolute Gasteiger partial charge is 0.354 e. The predicted molar refractivity (Wildman–Crippen MR) is 70.0 cm³/mol. The van der Waals surface area contributed by atoms with E-state index >= 15 is 0 Å². The van der Waals surface area contributed by atoms with Gasteiger partial charge in [0.1, 0.15) is 5.75 Å². The fourth-order valence-electron chi connectivity index (χ4n) is 1.48. The standard InChI is InChI=1S/C13H11ClN2O3/c1-7-3-4-9(14)11(5-7)19-13-15-8(2)6-10(16-13)12(17)18/h3-6H,1-2H3,(H,17,18). The second-order valence-electron chi connectivity index (χ2n) is 4.02. The molecule has 0 aliphatic heterocycles. The largest absolute Gasteiger partial charge is 0.477 e. The molecule has 1 N–H and O–H groups in total. The van der Waals surface area contributed by atoms with E-state index in [2.05, 4.69) is 9.97 Å². The van der Waals surface area contributed by atoms with E-state index in [0.29, 0.717) is 16.5 Å². The van der Waals surface area contributed by atoms with Gasteiger partial charge in [0.15, 0.2) is 5.69 Å². The van der Waals surface area contributed by atoms with Crippen LogP contribution in [0.1, 0.15) is 21.7 Å². The highest BCUT2D eigenvalue weighted by Gasteiger charge is 2.11. The minimum atomic E-state index is -1.13. The van der Waals surface area contributed by atoms with Gasteiger partial charge >= 0.3 is 12.0 Å². The Bertz CT molecular complexity index is 644. The number of nitrogens with zero attached hydrogens (tertiary/aromatic N) is 2. The fraction of sp³-hybridized carbons (Fsp3) is 0.154. The van der Waals surface area contributed by atoms with E-state index in [4.69, 9.17) is 21.4 Å². The number of benzene rings is 1. The Morgan fingerprint density at radius 2 is 2.00 bits per heavy atom. The molecule has 98 valence electrons. The molecule has 2 rings (SSSR count). The van der Waals surface area contributed by atoms with E-state index in [9.17, 15) is 4.79 Å². The Kier molecular flexibility index (Phi) is 3.66. The number of hydrogen-bond acceptors (Lipinski definition) is 4. The van der Waals surface area contributed by atoms with E-state index < -0.39 is 5.97 Å². The van der Waals surface area contributed by atoms with Crippen LogP contribution in [0.2, 0.25) is 5.02 Å². The molecule has 0 fully saturated rings. The Hall–Kier alpha value is -2.14. The van der Waals surface area contributed by atoms with Gasteiger partial charge in [-0.25, -0.2) is 9.78 Å². The first kappa shape index (κ1) is 13.3. The van der Waals surface area contributed by atoms with Crippen LogP contribution in [0.4, 0.5) is 0 Å². The molecule has 0 aliphatic rings. The van der Waals surface area contributed by atoms with Crippen LogP contribution in [0.25, 0.3) is 0 Å². The van der Waals surface area contributed by atoms with Crippen molar-refractivity contribution >= 4 is 17.6 Å². The van der Waals surface area contributed by atoms with Crippen molar-refractivity contribution in [1.29, 1.82) is 0 Å². The maximum atomic E-state index is 10.9. The van der Waals surface area contributed by atoms with Crippen molar-refractivity contribution in [1.82, 2.24) is 9.97 Å². The summed E-state index contributed by atoms with van der Waals surface area (Å²) in [5.41, 5.74) is 1.35. The second-order valence-corrected chi connectivity index (χ2v) is 4.43. The number of aromatic carboxylic acids is 1. The van der Waals surface area contributed by atoms with Crippen molar-refractivity contribution in [3.05, 3.63) is 46.2 Å². The number of ether oxygens (including phenoxy) is 1. The van der Waals surface area contributed by atoms with Crippen LogP contribution in [-0.2, 0) is 0 Å². The molecule has 5 nitrogen and oxygen atoms in total. The topological polar surface area (TPSA) is 72.3 Å². The van der Waals surface area contributed by atoms with E-state index in [1.807, 2.05) is 13.0 Å². The number of aryl methyl sites for hydroxylation is 2. The maximum absolute atomic E-state index is 10.9. The average molecular weight is 279 g/mol. The van der Waals surface area contributed by atoms with Crippen molar-refractivity contribution in [2.45, 2.75) is 13.8 Å². The Morgan fingerprint density at radius 1 is 1.26 bits per heavy atom. The van der Waals surface area contributed by atoms with Crippen LogP contribution in [0.3, 0.4) is 0 Å². The van der Waals surface area contributed by atoms with Crippen molar-refractivity contribution < 1.29 is 14.6 Å². The molecule has 0 aliphatic carbocycles. The van der Waals surface area contributed by atoms with Gasteiger partial charge in [-0.3, -0.25) is 0 Å². The molecule has 0 atom stereocenters. The van der Waals surface area contributed by atoms with Gasteiger partial charge < -0.3 is 9.84 Å². The van der Waals surface area contributed by atoms with E-state index in [0.717, 1.165) is 5.56 Å². The summed E-state index contributed by atoms with van der Waals surface area (Å²) in [5.74, 6) is -0.741. The summed E-state index contributed by atoms with van der Waals surface area (Å²) in [5, 5.41) is 9.34. The maximum Gasteiger partial charge on any atom is 0.354 e. The van der Waals surface area contributed by atoms with Crippen molar-refractivity contribution in [3.63, 3.8) is 0 Å². The average Bonchev–Trinajstić information content (AvgIpc) is 2.33. The first-order valence-corrected chi connectivity index (χ1v) is 5.86. The summed E-state index contributed by atoms with van der Waals surface area (Å²) in [7, 11) is 0. The highest BCUT2D eigenvalue weighted by molar-refractivity contribution is 6.32. The summed E-state index contributed by atoms with van der Waals surface area (Å²) < 4.78 is 5.44. The highest BCUT2D eigenvalue weighted by Crippen LogP contribution is 2.28. The zero-order valence-corrected chi connectivity index (χ0v) is 11.1. The molecule has 0 bridgehead atoms. The lowest BCUT2D eigenvalue weighted by atomic mass is 10.2. The fourth-order valence-corrected chi connectivity index (χ4v) is 1.64. The van der Waals surface area contributed by atoms with Gasteiger partial charge in [-0.15, -0.1) is 0 Å². The lowest BCUT2D eigenvalue weighted by Crippen LogP contribution is -2.04. The molecule has 0 radical (unpaired) electrons. The number of hydrogen-bond donors (Lipinski definition) is 1. The molecule has 1 aromatic carbocycles. The number of aromatic nitrogens is 2. The van der Waals surface area contributed by atoms with E-state index in [1.165, 1.54) is 6.07 Å². The van der Waals surface area contributed by atoms with Gasteiger partial charge in [0.2, 0.25) is 0 Å². The third-order valence-corrected chi connectivity index (χ3v) is 2.65. The van der Waals surface area contributed by atoms with E-state index in [1.54, 1.807) is 19.1 Å². The third kappa shape index (κ3) is 3.20.